The lowest BCUT2D eigenvalue weighted by Crippen LogP contribution is -2.50. The van der Waals surface area contributed by atoms with E-state index in [0.29, 0.717) is 17.7 Å². The lowest BCUT2D eigenvalue weighted by Gasteiger charge is -2.45. The molecule has 21 heavy (non-hydrogen) atoms. The summed E-state index contributed by atoms with van der Waals surface area (Å²) in [5.41, 5.74) is 1.15. The van der Waals surface area contributed by atoms with Gasteiger partial charge in [0.2, 0.25) is 0 Å². The SMILES string of the molecule is COc1cccc(CN2CCCC3(CCCNC3)C2)c1F. The van der Waals surface area contributed by atoms with Gasteiger partial charge in [0.1, 0.15) is 0 Å². The highest BCUT2D eigenvalue weighted by Gasteiger charge is 2.36. The fraction of sp³-hybridized carbons (Fsp3) is 0.647. The lowest BCUT2D eigenvalue weighted by molar-refractivity contribution is 0.0593. The highest BCUT2D eigenvalue weighted by atomic mass is 19.1. The first-order valence-electron chi connectivity index (χ1n) is 7.97. The first-order valence-corrected chi connectivity index (χ1v) is 7.97. The van der Waals surface area contributed by atoms with E-state index in [1.807, 2.05) is 12.1 Å². The molecular formula is C17H25FN2O. The van der Waals surface area contributed by atoms with E-state index in [9.17, 15) is 4.39 Å². The zero-order valence-corrected chi connectivity index (χ0v) is 12.8. The van der Waals surface area contributed by atoms with Crippen LogP contribution in [0.4, 0.5) is 4.39 Å². The molecule has 0 radical (unpaired) electrons. The number of benzene rings is 1. The fourth-order valence-corrected chi connectivity index (χ4v) is 3.90. The molecule has 3 rings (SSSR count). The van der Waals surface area contributed by atoms with Gasteiger partial charge >= 0.3 is 0 Å². The Balaban J connectivity index is 1.70. The van der Waals surface area contributed by atoms with Crippen molar-refractivity contribution in [2.75, 3.05) is 33.3 Å². The minimum Gasteiger partial charge on any atom is -0.494 e. The fourth-order valence-electron chi connectivity index (χ4n) is 3.90. The molecule has 2 saturated heterocycles. The number of likely N-dealkylation sites (tertiary alicyclic amines) is 1. The van der Waals surface area contributed by atoms with E-state index in [2.05, 4.69) is 10.2 Å². The Hall–Kier alpha value is -1.13. The van der Waals surface area contributed by atoms with Crippen molar-refractivity contribution in [2.24, 2.45) is 5.41 Å². The Morgan fingerprint density at radius 2 is 2.19 bits per heavy atom. The minimum atomic E-state index is -0.207. The van der Waals surface area contributed by atoms with Crippen molar-refractivity contribution in [1.29, 1.82) is 0 Å². The van der Waals surface area contributed by atoms with Crippen LogP contribution in [0.15, 0.2) is 18.2 Å². The van der Waals surface area contributed by atoms with E-state index in [4.69, 9.17) is 4.74 Å². The molecule has 0 amide bonds. The van der Waals surface area contributed by atoms with Gasteiger partial charge in [-0.2, -0.15) is 0 Å². The van der Waals surface area contributed by atoms with Crippen molar-refractivity contribution in [1.82, 2.24) is 10.2 Å². The van der Waals surface area contributed by atoms with Crippen molar-refractivity contribution in [2.45, 2.75) is 32.2 Å². The Morgan fingerprint density at radius 3 is 2.95 bits per heavy atom. The van der Waals surface area contributed by atoms with E-state index in [1.54, 1.807) is 6.07 Å². The van der Waals surface area contributed by atoms with Crippen molar-refractivity contribution >= 4 is 0 Å². The molecule has 1 spiro atoms. The number of piperidine rings is 2. The van der Waals surface area contributed by atoms with Gasteiger partial charge in [-0.1, -0.05) is 12.1 Å². The van der Waals surface area contributed by atoms with Crippen molar-refractivity contribution in [3.8, 4) is 5.75 Å². The molecule has 0 bridgehead atoms. The van der Waals surface area contributed by atoms with E-state index in [1.165, 1.54) is 32.8 Å². The number of nitrogens with zero attached hydrogens (tertiary/aromatic N) is 1. The summed E-state index contributed by atoms with van der Waals surface area (Å²) in [4.78, 5) is 2.41. The first-order chi connectivity index (χ1) is 10.2. The topological polar surface area (TPSA) is 24.5 Å². The summed E-state index contributed by atoms with van der Waals surface area (Å²) in [5.74, 6) is 0.139. The van der Waals surface area contributed by atoms with Crippen molar-refractivity contribution < 1.29 is 9.13 Å². The zero-order chi connectivity index (χ0) is 14.7. The maximum absolute atomic E-state index is 14.3. The van der Waals surface area contributed by atoms with Gasteiger partial charge < -0.3 is 10.1 Å². The summed E-state index contributed by atoms with van der Waals surface area (Å²) in [6, 6.07) is 5.43. The summed E-state index contributed by atoms with van der Waals surface area (Å²) in [7, 11) is 1.52. The zero-order valence-electron chi connectivity index (χ0n) is 12.8. The predicted octanol–water partition coefficient (Wildman–Crippen LogP) is 2.80. The molecule has 1 aromatic carbocycles. The van der Waals surface area contributed by atoms with Crippen LogP contribution >= 0.6 is 0 Å². The normalized spacial score (nSPS) is 27.0. The average Bonchev–Trinajstić information content (AvgIpc) is 2.50. The van der Waals surface area contributed by atoms with E-state index in [-0.39, 0.29) is 5.82 Å². The molecule has 0 saturated carbocycles. The third-order valence-corrected chi connectivity index (χ3v) is 4.96. The Kier molecular flexibility index (Phi) is 4.45. The third-order valence-electron chi connectivity index (χ3n) is 4.96. The average molecular weight is 292 g/mol. The van der Waals surface area contributed by atoms with Gasteiger partial charge in [0.25, 0.3) is 0 Å². The maximum atomic E-state index is 14.3. The molecule has 1 unspecified atom stereocenters. The summed E-state index contributed by atoms with van der Waals surface area (Å²) >= 11 is 0. The maximum Gasteiger partial charge on any atom is 0.169 e. The molecule has 3 nitrogen and oxygen atoms in total. The van der Waals surface area contributed by atoms with Crippen LogP contribution in [-0.4, -0.2) is 38.2 Å². The molecule has 0 aromatic heterocycles. The lowest BCUT2D eigenvalue weighted by atomic mass is 9.74. The van der Waals surface area contributed by atoms with Crippen LogP contribution in [0, 0.1) is 11.2 Å². The van der Waals surface area contributed by atoms with Crippen LogP contribution < -0.4 is 10.1 Å². The molecule has 2 heterocycles. The van der Waals surface area contributed by atoms with Gasteiger partial charge in [-0.15, -0.1) is 0 Å². The second kappa shape index (κ2) is 6.32. The molecular weight excluding hydrogens is 267 g/mol. The molecule has 1 aromatic rings. The van der Waals surface area contributed by atoms with Gasteiger partial charge in [0.05, 0.1) is 7.11 Å². The standard InChI is InChI=1S/C17H25FN2O/c1-21-15-6-2-5-14(16(15)18)11-20-10-4-8-17(13-20)7-3-9-19-12-17/h2,5-6,19H,3-4,7-13H2,1H3. The van der Waals surface area contributed by atoms with Crippen molar-refractivity contribution in [3.63, 3.8) is 0 Å². The molecule has 2 aliphatic rings. The highest BCUT2D eigenvalue weighted by Crippen LogP contribution is 2.36. The van der Waals surface area contributed by atoms with Gasteiger partial charge in [-0.3, -0.25) is 4.90 Å². The Morgan fingerprint density at radius 1 is 1.33 bits per heavy atom. The van der Waals surface area contributed by atoms with Crippen LogP contribution in [0.1, 0.15) is 31.2 Å². The van der Waals surface area contributed by atoms with Gasteiger partial charge in [0.15, 0.2) is 11.6 Å². The van der Waals surface area contributed by atoms with Crippen LogP contribution in [-0.2, 0) is 6.54 Å². The highest BCUT2D eigenvalue weighted by molar-refractivity contribution is 5.31. The minimum absolute atomic E-state index is 0.207. The summed E-state index contributed by atoms with van der Waals surface area (Å²) in [6.07, 6.45) is 5.09. The van der Waals surface area contributed by atoms with Crippen molar-refractivity contribution in [3.05, 3.63) is 29.6 Å². The molecule has 0 aliphatic carbocycles. The first kappa shape index (κ1) is 14.8. The predicted molar refractivity (Wildman–Crippen MR) is 82.0 cm³/mol. The summed E-state index contributed by atoms with van der Waals surface area (Å²) in [5, 5.41) is 3.54. The van der Waals surface area contributed by atoms with E-state index < -0.39 is 0 Å². The number of nitrogens with one attached hydrogen (secondary N) is 1. The third kappa shape index (κ3) is 3.22. The number of hydrogen-bond acceptors (Lipinski definition) is 3. The van der Waals surface area contributed by atoms with Crippen LogP contribution in [0.2, 0.25) is 0 Å². The second-order valence-corrected chi connectivity index (χ2v) is 6.53. The molecule has 2 aliphatic heterocycles. The quantitative estimate of drug-likeness (QED) is 0.927. The van der Waals surface area contributed by atoms with E-state index in [0.717, 1.165) is 31.7 Å². The van der Waals surface area contributed by atoms with Gasteiger partial charge in [-0.25, -0.2) is 4.39 Å². The smallest absolute Gasteiger partial charge is 0.169 e. The van der Waals surface area contributed by atoms with Gasteiger partial charge in [-0.05, 0) is 50.3 Å². The molecule has 116 valence electrons. The largest absolute Gasteiger partial charge is 0.494 e. The number of halogens is 1. The number of ether oxygens (including phenoxy) is 1. The molecule has 1 N–H and O–H groups in total. The second-order valence-electron chi connectivity index (χ2n) is 6.53. The van der Waals surface area contributed by atoms with E-state index >= 15 is 0 Å². The molecule has 2 fully saturated rings. The number of rotatable bonds is 3. The molecule has 1 atom stereocenters. The van der Waals surface area contributed by atoms with Gasteiger partial charge in [0, 0.05) is 25.2 Å². The van der Waals surface area contributed by atoms with Crippen LogP contribution in [0.25, 0.3) is 0 Å². The summed E-state index contributed by atoms with van der Waals surface area (Å²) < 4.78 is 19.4. The Labute approximate surface area is 126 Å². The monoisotopic (exact) mass is 292 g/mol. The number of hydrogen-bond donors (Lipinski definition) is 1. The Bertz CT molecular complexity index is 480. The summed E-state index contributed by atoms with van der Waals surface area (Å²) in [6.45, 7) is 5.09. The van der Waals surface area contributed by atoms with Crippen LogP contribution in [0.3, 0.4) is 0 Å². The van der Waals surface area contributed by atoms with Crippen LogP contribution in [0.5, 0.6) is 5.75 Å². The molecule has 4 heteroatoms. The number of methoxy groups -OCH3 is 1.